The van der Waals surface area contributed by atoms with E-state index < -0.39 is 23.9 Å². The molecular weight excluding hydrogens is 304 g/mol. The van der Waals surface area contributed by atoms with Gasteiger partial charge in [0.05, 0.1) is 0 Å². The summed E-state index contributed by atoms with van der Waals surface area (Å²) >= 11 is 0. The van der Waals surface area contributed by atoms with Gasteiger partial charge in [0.2, 0.25) is 0 Å². The molecule has 132 valence electrons. The molecule has 0 aliphatic rings. The van der Waals surface area contributed by atoms with E-state index in [0.29, 0.717) is 12.8 Å². The Morgan fingerprint density at radius 3 is 1.35 bits per heavy atom. The van der Waals surface area contributed by atoms with Crippen molar-refractivity contribution in [2.24, 2.45) is 11.8 Å². The van der Waals surface area contributed by atoms with E-state index in [1.54, 1.807) is 0 Å². The Bertz CT molecular complexity index is 379. The molecule has 0 bridgehead atoms. The number of esters is 2. The maximum atomic E-state index is 11.7. The van der Waals surface area contributed by atoms with Gasteiger partial charge in [-0.1, -0.05) is 26.7 Å². The Morgan fingerprint density at radius 1 is 0.739 bits per heavy atom. The predicted molar refractivity (Wildman–Crippen MR) is 81.6 cm³/mol. The summed E-state index contributed by atoms with van der Waals surface area (Å²) in [6.07, 6.45) is 2.06. The standard InChI is InChI=1S/C16H26O7/c1-3-5-11(7-13(17)18)9-15(21)23-16(22)10-12(6-4-2)8-14(19)20/h11-12H,3-10H2,1-2H3,(H,17,18)(H,19,20). The molecule has 0 saturated heterocycles. The van der Waals surface area contributed by atoms with Crippen LogP contribution in [0.1, 0.15) is 65.2 Å². The van der Waals surface area contributed by atoms with Crippen LogP contribution in [0.4, 0.5) is 0 Å². The summed E-state index contributed by atoms with van der Waals surface area (Å²) in [5.74, 6) is -4.20. The van der Waals surface area contributed by atoms with Crippen molar-refractivity contribution >= 4 is 23.9 Å². The molecule has 0 rings (SSSR count). The van der Waals surface area contributed by atoms with Gasteiger partial charge >= 0.3 is 23.9 Å². The molecule has 0 aliphatic heterocycles. The number of carbonyl (C=O) groups is 4. The molecule has 0 fully saturated rings. The fourth-order valence-electron chi connectivity index (χ4n) is 2.54. The number of ether oxygens (including phenoxy) is 1. The molecule has 0 saturated carbocycles. The second-order valence-corrected chi connectivity index (χ2v) is 5.76. The third-order valence-corrected chi connectivity index (χ3v) is 3.46. The van der Waals surface area contributed by atoms with Gasteiger partial charge < -0.3 is 14.9 Å². The molecule has 2 N–H and O–H groups in total. The van der Waals surface area contributed by atoms with Crippen molar-refractivity contribution < 1.29 is 34.1 Å². The second kappa shape index (κ2) is 11.6. The Labute approximate surface area is 136 Å². The Hall–Kier alpha value is -1.92. The zero-order valence-corrected chi connectivity index (χ0v) is 13.7. The van der Waals surface area contributed by atoms with E-state index in [2.05, 4.69) is 0 Å². The van der Waals surface area contributed by atoms with Crippen molar-refractivity contribution in [2.45, 2.75) is 65.2 Å². The number of carboxylic acids is 2. The maximum absolute atomic E-state index is 11.7. The van der Waals surface area contributed by atoms with Crippen LogP contribution in [0, 0.1) is 11.8 Å². The third-order valence-electron chi connectivity index (χ3n) is 3.46. The lowest BCUT2D eigenvalue weighted by Gasteiger charge is -2.14. The highest BCUT2D eigenvalue weighted by Crippen LogP contribution is 2.19. The largest absolute Gasteiger partial charge is 0.481 e. The normalized spacial score (nSPS) is 13.1. The smallest absolute Gasteiger partial charge is 0.313 e. The average molecular weight is 330 g/mol. The van der Waals surface area contributed by atoms with Crippen molar-refractivity contribution in [3.8, 4) is 0 Å². The topological polar surface area (TPSA) is 118 Å². The number of hydrogen-bond donors (Lipinski definition) is 2. The highest BCUT2D eigenvalue weighted by molar-refractivity contribution is 5.86. The van der Waals surface area contributed by atoms with Crippen molar-refractivity contribution in [1.29, 1.82) is 0 Å². The van der Waals surface area contributed by atoms with Crippen LogP contribution in [-0.2, 0) is 23.9 Å². The molecule has 0 aromatic carbocycles. The molecule has 0 spiro atoms. The van der Waals surface area contributed by atoms with E-state index in [0.717, 1.165) is 12.8 Å². The summed E-state index contributed by atoms with van der Waals surface area (Å²) in [6, 6.07) is 0. The first-order chi connectivity index (χ1) is 10.8. The van der Waals surface area contributed by atoms with Gasteiger partial charge in [-0.25, -0.2) is 0 Å². The van der Waals surface area contributed by atoms with E-state index in [9.17, 15) is 19.2 Å². The van der Waals surface area contributed by atoms with E-state index in [1.165, 1.54) is 0 Å². The van der Waals surface area contributed by atoms with Crippen LogP contribution in [0.15, 0.2) is 0 Å². The molecule has 7 heteroatoms. The summed E-state index contributed by atoms with van der Waals surface area (Å²) in [5.41, 5.74) is 0. The van der Waals surface area contributed by atoms with Crippen molar-refractivity contribution in [3.05, 3.63) is 0 Å². The molecule has 7 nitrogen and oxygen atoms in total. The zero-order chi connectivity index (χ0) is 17.8. The van der Waals surface area contributed by atoms with Crippen LogP contribution in [0.3, 0.4) is 0 Å². The minimum Gasteiger partial charge on any atom is -0.481 e. The van der Waals surface area contributed by atoms with Crippen molar-refractivity contribution in [3.63, 3.8) is 0 Å². The molecule has 2 atom stereocenters. The van der Waals surface area contributed by atoms with E-state index >= 15 is 0 Å². The molecule has 2 unspecified atom stereocenters. The highest BCUT2D eigenvalue weighted by atomic mass is 16.6. The lowest BCUT2D eigenvalue weighted by Crippen LogP contribution is -2.20. The molecular formula is C16H26O7. The molecule has 0 amide bonds. The van der Waals surface area contributed by atoms with Gasteiger partial charge in [0.1, 0.15) is 0 Å². The minimum absolute atomic E-state index is 0.122. The lowest BCUT2D eigenvalue weighted by molar-refractivity contribution is -0.161. The number of rotatable bonds is 12. The Morgan fingerprint density at radius 2 is 1.09 bits per heavy atom. The first kappa shape index (κ1) is 21.1. The van der Waals surface area contributed by atoms with Crippen LogP contribution in [-0.4, -0.2) is 34.1 Å². The van der Waals surface area contributed by atoms with Crippen LogP contribution < -0.4 is 0 Å². The monoisotopic (exact) mass is 330 g/mol. The van der Waals surface area contributed by atoms with E-state index in [1.807, 2.05) is 13.8 Å². The van der Waals surface area contributed by atoms with Crippen LogP contribution in [0.5, 0.6) is 0 Å². The summed E-state index contributed by atoms with van der Waals surface area (Å²) in [5, 5.41) is 17.6. The lowest BCUT2D eigenvalue weighted by atomic mass is 9.95. The number of carbonyl (C=O) groups excluding carboxylic acids is 2. The number of hydrogen-bond acceptors (Lipinski definition) is 5. The molecule has 0 radical (unpaired) electrons. The zero-order valence-electron chi connectivity index (χ0n) is 13.7. The highest BCUT2D eigenvalue weighted by Gasteiger charge is 2.22. The van der Waals surface area contributed by atoms with Gasteiger partial charge in [0.25, 0.3) is 0 Å². The number of carboxylic acid groups (broad SMARTS) is 2. The van der Waals surface area contributed by atoms with Crippen LogP contribution >= 0.6 is 0 Å². The van der Waals surface area contributed by atoms with E-state index in [4.69, 9.17) is 14.9 Å². The fraction of sp³-hybridized carbons (Fsp3) is 0.750. The number of aliphatic carboxylic acids is 2. The molecule has 23 heavy (non-hydrogen) atoms. The molecule has 0 aliphatic carbocycles. The van der Waals surface area contributed by atoms with Gasteiger partial charge in [-0.15, -0.1) is 0 Å². The third kappa shape index (κ3) is 11.3. The Balaban J connectivity index is 4.41. The molecule has 0 aromatic heterocycles. The quantitative estimate of drug-likeness (QED) is 0.417. The summed E-state index contributed by atoms with van der Waals surface area (Å²) in [4.78, 5) is 44.9. The van der Waals surface area contributed by atoms with E-state index in [-0.39, 0.29) is 37.5 Å². The molecule has 0 aromatic rings. The first-order valence-electron chi connectivity index (χ1n) is 7.95. The van der Waals surface area contributed by atoms with Crippen LogP contribution in [0.25, 0.3) is 0 Å². The maximum Gasteiger partial charge on any atom is 0.313 e. The van der Waals surface area contributed by atoms with Crippen molar-refractivity contribution in [2.75, 3.05) is 0 Å². The van der Waals surface area contributed by atoms with Gasteiger partial charge in [0.15, 0.2) is 0 Å². The fourth-order valence-corrected chi connectivity index (χ4v) is 2.54. The predicted octanol–water partition coefficient (Wildman–Crippen LogP) is 2.62. The Kier molecular flexibility index (Phi) is 10.7. The summed E-state index contributed by atoms with van der Waals surface area (Å²) in [6.45, 7) is 3.76. The summed E-state index contributed by atoms with van der Waals surface area (Å²) in [7, 11) is 0. The summed E-state index contributed by atoms with van der Waals surface area (Å²) < 4.78 is 4.70. The molecule has 0 heterocycles. The average Bonchev–Trinajstić information content (AvgIpc) is 2.36. The SMILES string of the molecule is CCCC(CC(=O)O)CC(=O)OC(=O)CC(CCC)CC(=O)O. The van der Waals surface area contributed by atoms with Crippen LogP contribution in [0.2, 0.25) is 0 Å². The second-order valence-electron chi connectivity index (χ2n) is 5.76. The van der Waals surface area contributed by atoms with Gasteiger partial charge in [-0.3, -0.25) is 19.2 Å². The van der Waals surface area contributed by atoms with Gasteiger partial charge in [0, 0.05) is 25.7 Å². The first-order valence-corrected chi connectivity index (χ1v) is 7.95. The minimum atomic E-state index is -0.993. The van der Waals surface area contributed by atoms with Crippen molar-refractivity contribution in [1.82, 2.24) is 0 Å². The van der Waals surface area contributed by atoms with Gasteiger partial charge in [-0.05, 0) is 24.7 Å². The van der Waals surface area contributed by atoms with Gasteiger partial charge in [-0.2, -0.15) is 0 Å².